The maximum Gasteiger partial charge on any atom is 0.243 e. The number of sulfonamides is 1. The minimum atomic E-state index is -3.41. The smallest absolute Gasteiger partial charge is 0.243 e. The molecule has 0 aromatic heterocycles. The van der Waals surface area contributed by atoms with Gasteiger partial charge in [0, 0.05) is 24.2 Å². The lowest BCUT2D eigenvalue weighted by Gasteiger charge is -2.31. The van der Waals surface area contributed by atoms with E-state index in [0.29, 0.717) is 29.0 Å². The maximum atomic E-state index is 12.6. The monoisotopic (exact) mass is 364 g/mol. The van der Waals surface area contributed by atoms with Crippen LogP contribution in [0.15, 0.2) is 29.2 Å². The molecule has 1 aliphatic carbocycles. The molecule has 22 heavy (non-hydrogen) atoms. The zero-order chi connectivity index (χ0) is 14.9. The van der Waals surface area contributed by atoms with Crippen molar-refractivity contribution >= 4 is 34.0 Å². The number of nitrogens with one attached hydrogen (secondary N) is 1. The first-order chi connectivity index (χ1) is 10.1. The van der Waals surface area contributed by atoms with Crippen LogP contribution in [-0.4, -0.2) is 38.4 Å². The van der Waals surface area contributed by atoms with Gasteiger partial charge in [-0.3, -0.25) is 0 Å². The summed E-state index contributed by atoms with van der Waals surface area (Å²) in [4.78, 5) is 0.291. The van der Waals surface area contributed by atoms with Crippen molar-refractivity contribution in [3.05, 3.63) is 29.3 Å². The van der Waals surface area contributed by atoms with Crippen molar-refractivity contribution in [3.8, 4) is 0 Å². The lowest BCUT2D eigenvalue weighted by molar-refractivity contribution is 0.288. The molecule has 1 aromatic carbocycles. The summed E-state index contributed by atoms with van der Waals surface area (Å²) in [6.45, 7) is 2.25. The Balaban J connectivity index is 0.00000176. The Morgan fingerprint density at radius 1 is 1.18 bits per heavy atom. The molecule has 0 atom stereocenters. The number of benzene rings is 1. The predicted octanol–water partition coefficient (Wildman–Crippen LogP) is 2.91. The predicted molar refractivity (Wildman–Crippen MR) is 91.2 cm³/mol. The highest BCUT2D eigenvalue weighted by atomic mass is 35.5. The van der Waals surface area contributed by atoms with E-state index < -0.39 is 10.0 Å². The summed E-state index contributed by atoms with van der Waals surface area (Å²) in [5, 5.41) is 4.02. The minimum absolute atomic E-state index is 0. The van der Waals surface area contributed by atoms with Crippen LogP contribution in [0.4, 0.5) is 0 Å². The fourth-order valence-corrected chi connectivity index (χ4v) is 4.50. The molecular weight excluding hydrogens is 343 g/mol. The molecule has 1 saturated heterocycles. The van der Waals surface area contributed by atoms with Gasteiger partial charge in [0.05, 0.1) is 4.90 Å². The van der Waals surface area contributed by atoms with Crippen LogP contribution in [0.1, 0.15) is 25.7 Å². The normalized spacial score (nSPS) is 20.6. The highest BCUT2D eigenvalue weighted by molar-refractivity contribution is 7.89. The Kier molecular flexibility index (Phi) is 6.14. The van der Waals surface area contributed by atoms with Crippen LogP contribution in [0.25, 0.3) is 0 Å². The molecule has 0 unspecified atom stereocenters. The van der Waals surface area contributed by atoms with E-state index in [2.05, 4.69) is 5.32 Å². The number of hydrogen-bond acceptors (Lipinski definition) is 3. The van der Waals surface area contributed by atoms with Gasteiger partial charge >= 0.3 is 0 Å². The second kappa shape index (κ2) is 7.49. The third-order valence-electron chi connectivity index (χ3n) is 4.28. The summed E-state index contributed by atoms with van der Waals surface area (Å²) in [5.41, 5.74) is 0. The highest BCUT2D eigenvalue weighted by Crippen LogP contribution is 2.28. The Labute approximate surface area is 143 Å². The number of hydrogen-bond donors (Lipinski definition) is 1. The second-order valence-corrected chi connectivity index (χ2v) is 8.36. The molecule has 0 bridgehead atoms. The van der Waals surface area contributed by atoms with Crippen LogP contribution in [-0.2, 0) is 10.0 Å². The van der Waals surface area contributed by atoms with Crippen molar-refractivity contribution in [1.82, 2.24) is 9.62 Å². The first-order valence-electron chi connectivity index (χ1n) is 7.55. The van der Waals surface area contributed by atoms with E-state index in [1.807, 2.05) is 0 Å². The van der Waals surface area contributed by atoms with E-state index in [1.165, 1.54) is 18.9 Å². The molecule has 1 saturated carbocycles. The van der Waals surface area contributed by atoms with Crippen LogP contribution in [0, 0.1) is 5.92 Å². The SMILES string of the molecule is Cl.O=S(=O)(c1cccc(Cl)c1)N1CCC(NCC2CC2)CC1. The Morgan fingerprint density at radius 2 is 1.86 bits per heavy atom. The summed E-state index contributed by atoms with van der Waals surface area (Å²) in [7, 11) is -3.41. The number of nitrogens with zero attached hydrogens (tertiary/aromatic N) is 1. The van der Waals surface area contributed by atoms with E-state index >= 15 is 0 Å². The third-order valence-corrected chi connectivity index (χ3v) is 6.41. The average Bonchev–Trinajstić information content (AvgIpc) is 3.30. The van der Waals surface area contributed by atoms with Crippen molar-refractivity contribution in [2.24, 2.45) is 5.92 Å². The first-order valence-corrected chi connectivity index (χ1v) is 9.36. The van der Waals surface area contributed by atoms with Gasteiger partial charge in [-0.1, -0.05) is 17.7 Å². The van der Waals surface area contributed by atoms with Gasteiger partial charge in [0.1, 0.15) is 0 Å². The molecule has 1 aliphatic heterocycles. The summed E-state index contributed by atoms with van der Waals surface area (Å²) in [5.74, 6) is 0.859. The Bertz CT molecular complexity index is 597. The molecule has 1 aromatic rings. The van der Waals surface area contributed by atoms with Gasteiger partial charge in [0.15, 0.2) is 0 Å². The number of rotatable bonds is 5. The van der Waals surface area contributed by atoms with Crippen molar-refractivity contribution in [1.29, 1.82) is 0 Å². The van der Waals surface area contributed by atoms with Crippen molar-refractivity contribution in [3.63, 3.8) is 0 Å². The third kappa shape index (κ3) is 4.36. The zero-order valence-electron chi connectivity index (χ0n) is 12.4. The quantitative estimate of drug-likeness (QED) is 0.873. The van der Waals surface area contributed by atoms with Gasteiger partial charge in [-0.2, -0.15) is 4.31 Å². The fraction of sp³-hybridized carbons (Fsp3) is 0.600. The van der Waals surface area contributed by atoms with Crippen LogP contribution in [0.3, 0.4) is 0 Å². The Morgan fingerprint density at radius 3 is 2.45 bits per heavy atom. The minimum Gasteiger partial charge on any atom is -0.314 e. The number of halogens is 2. The maximum absolute atomic E-state index is 12.6. The van der Waals surface area contributed by atoms with Gasteiger partial charge in [-0.05, 0) is 56.3 Å². The first kappa shape index (κ1) is 18.0. The lowest BCUT2D eigenvalue weighted by Crippen LogP contribution is -2.45. The van der Waals surface area contributed by atoms with E-state index in [1.54, 1.807) is 22.5 Å². The summed E-state index contributed by atoms with van der Waals surface area (Å²) in [6, 6.07) is 6.96. The summed E-state index contributed by atoms with van der Waals surface area (Å²) in [6.07, 6.45) is 4.45. The molecule has 0 spiro atoms. The molecule has 3 rings (SSSR count). The topological polar surface area (TPSA) is 49.4 Å². The Hall–Kier alpha value is -0.330. The standard InChI is InChI=1S/C15H21ClN2O2S.ClH/c16-13-2-1-3-15(10-13)21(19,20)18-8-6-14(7-9-18)17-11-12-4-5-12;/h1-3,10,12,14,17H,4-9,11H2;1H. The molecule has 7 heteroatoms. The van der Waals surface area contributed by atoms with E-state index in [-0.39, 0.29) is 12.4 Å². The zero-order valence-corrected chi connectivity index (χ0v) is 14.8. The van der Waals surface area contributed by atoms with Gasteiger partial charge in [0.25, 0.3) is 0 Å². The molecule has 1 heterocycles. The lowest BCUT2D eigenvalue weighted by atomic mass is 10.1. The van der Waals surface area contributed by atoms with Gasteiger partial charge in [0.2, 0.25) is 10.0 Å². The summed E-state index contributed by atoms with van der Waals surface area (Å²) < 4.78 is 26.7. The van der Waals surface area contributed by atoms with Gasteiger partial charge < -0.3 is 5.32 Å². The molecule has 4 nitrogen and oxygen atoms in total. The molecule has 124 valence electrons. The van der Waals surface area contributed by atoms with E-state index in [9.17, 15) is 8.42 Å². The van der Waals surface area contributed by atoms with Gasteiger partial charge in [-0.25, -0.2) is 8.42 Å². The van der Waals surface area contributed by atoms with Crippen LogP contribution in [0.5, 0.6) is 0 Å². The van der Waals surface area contributed by atoms with Crippen LogP contribution < -0.4 is 5.32 Å². The van der Waals surface area contributed by atoms with Crippen LogP contribution in [0.2, 0.25) is 5.02 Å². The van der Waals surface area contributed by atoms with E-state index in [4.69, 9.17) is 11.6 Å². The van der Waals surface area contributed by atoms with Gasteiger partial charge in [-0.15, -0.1) is 12.4 Å². The van der Waals surface area contributed by atoms with E-state index in [0.717, 1.165) is 25.3 Å². The number of piperidine rings is 1. The molecule has 0 amide bonds. The highest BCUT2D eigenvalue weighted by Gasteiger charge is 2.30. The fourth-order valence-electron chi connectivity index (χ4n) is 2.73. The molecular formula is C15H22Cl2N2O2S. The average molecular weight is 365 g/mol. The van der Waals surface area contributed by atoms with Crippen molar-refractivity contribution in [2.75, 3.05) is 19.6 Å². The largest absolute Gasteiger partial charge is 0.314 e. The molecule has 2 aliphatic rings. The second-order valence-electron chi connectivity index (χ2n) is 5.99. The summed E-state index contributed by atoms with van der Waals surface area (Å²) >= 11 is 5.90. The molecule has 0 radical (unpaired) electrons. The van der Waals surface area contributed by atoms with Crippen molar-refractivity contribution < 1.29 is 8.42 Å². The molecule has 1 N–H and O–H groups in total. The van der Waals surface area contributed by atoms with Crippen LogP contribution >= 0.6 is 24.0 Å². The molecule has 2 fully saturated rings. The van der Waals surface area contributed by atoms with Crippen molar-refractivity contribution in [2.45, 2.75) is 36.6 Å².